The lowest BCUT2D eigenvalue weighted by atomic mass is 10.1. The molecule has 0 aromatic heterocycles. The molecule has 2 aromatic rings. The molecular weight excluding hydrogens is 273 g/mol. The Morgan fingerprint density at radius 2 is 1.67 bits per heavy atom. The van der Waals surface area contributed by atoms with Gasteiger partial charge in [0.25, 0.3) is 5.91 Å². The van der Waals surface area contributed by atoms with Crippen molar-refractivity contribution in [2.24, 2.45) is 0 Å². The molecule has 4 nitrogen and oxygen atoms in total. The lowest BCUT2D eigenvalue weighted by Gasteiger charge is -2.06. The van der Waals surface area contributed by atoms with Crippen LogP contribution in [0.2, 0.25) is 0 Å². The summed E-state index contributed by atoms with van der Waals surface area (Å²) in [6.45, 7) is -0.352. The molecule has 0 atom stereocenters. The van der Waals surface area contributed by atoms with E-state index in [-0.39, 0.29) is 18.8 Å². The summed E-state index contributed by atoms with van der Waals surface area (Å²) in [7, 11) is 0. The van der Waals surface area contributed by atoms with Gasteiger partial charge in [-0.1, -0.05) is 30.3 Å². The van der Waals surface area contributed by atoms with Gasteiger partial charge in [-0.25, -0.2) is 4.39 Å². The molecular formula is C16H14FNO3. The van der Waals surface area contributed by atoms with Crippen LogP contribution in [0, 0.1) is 5.82 Å². The van der Waals surface area contributed by atoms with E-state index in [1.165, 1.54) is 24.3 Å². The first-order valence-electron chi connectivity index (χ1n) is 6.38. The summed E-state index contributed by atoms with van der Waals surface area (Å²) in [5.41, 5.74) is 1.27. The van der Waals surface area contributed by atoms with E-state index in [1.54, 1.807) is 24.3 Å². The Balaban J connectivity index is 1.76. The fourth-order valence-electron chi connectivity index (χ4n) is 1.68. The van der Waals surface area contributed by atoms with Gasteiger partial charge in [-0.05, 0) is 29.8 Å². The minimum atomic E-state index is -0.537. The summed E-state index contributed by atoms with van der Waals surface area (Å²) in [5.74, 6) is -1.31. The molecule has 0 unspecified atom stereocenters. The Morgan fingerprint density at radius 1 is 1.00 bits per heavy atom. The number of rotatable bonds is 5. The van der Waals surface area contributed by atoms with Gasteiger partial charge >= 0.3 is 5.97 Å². The number of para-hydroxylation sites is 1. The van der Waals surface area contributed by atoms with E-state index in [0.29, 0.717) is 11.3 Å². The molecule has 0 aliphatic carbocycles. The number of hydrogen-bond acceptors (Lipinski definition) is 3. The van der Waals surface area contributed by atoms with Crippen LogP contribution in [0.4, 0.5) is 10.1 Å². The summed E-state index contributed by atoms with van der Waals surface area (Å²) in [6, 6.07) is 14.4. The third-order valence-corrected chi connectivity index (χ3v) is 2.68. The van der Waals surface area contributed by atoms with E-state index in [4.69, 9.17) is 4.74 Å². The predicted molar refractivity (Wildman–Crippen MR) is 76.1 cm³/mol. The lowest BCUT2D eigenvalue weighted by Crippen LogP contribution is -2.21. The summed E-state index contributed by atoms with van der Waals surface area (Å²) < 4.78 is 17.6. The molecule has 2 aromatic carbocycles. The highest BCUT2D eigenvalue weighted by Crippen LogP contribution is 2.06. The highest BCUT2D eigenvalue weighted by Gasteiger charge is 2.08. The average Bonchev–Trinajstić information content (AvgIpc) is 2.49. The second kappa shape index (κ2) is 7.19. The number of benzene rings is 2. The van der Waals surface area contributed by atoms with E-state index in [1.807, 2.05) is 6.07 Å². The van der Waals surface area contributed by atoms with Crippen LogP contribution in [0.1, 0.15) is 5.56 Å². The van der Waals surface area contributed by atoms with Gasteiger partial charge in [0.1, 0.15) is 5.82 Å². The summed E-state index contributed by atoms with van der Waals surface area (Å²) in [6.07, 6.45) is -0.00109. The maximum absolute atomic E-state index is 12.7. The normalized spacial score (nSPS) is 9.95. The molecule has 0 aliphatic rings. The number of carbonyl (C=O) groups excluding carboxylic acids is 2. The predicted octanol–water partition coefficient (Wildman–Crippen LogP) is 2.55. The number of hydrogen-bond donors (Lipinski definition) is 1. The van der Waals surface area contributed by atoms with Crippen LogP contribution < -0.4 is 5.32 Å². The van der Waals surface area contributed by atoms with E-state index in [2.05, 4.69) is 5.32 Å². The number of halogens is 1. The maximum atomic E-state index is 12.7. The minimum Gasteiger partial charge on any atom is -0.455 e. The molecule has 2 rings (SSSR count). The monoisotopic (exact) mass is 287 g/mol. The number of carbonyl (C=O) groups is 2. The van der Waals surface area contributed by atoms with Crippen molar-refractivity contribution in [1.82, 2.24) is 0 Å². The van der Waals surface area contributed by atoms with Gasteiger partial charge in [0.05, 0.1) is 6.42 Å². The molecule has 0 bridgehead atoms. The molecule has 1 amide bonds. The Bertz CT molecular complexity index is 611. The SMILES string of the molecule is O=C(COC(=O)Cc1ccc(F)cc1)Nc1ccccc1. The van der Waals surface area contributed by atoms with Crippen molar-refractivity contribution in [3.8, 4) is 0 Å². The number of ether oxygens (including phenoxy) is 1. The van der Waals surface area contributed by atoms with Gasteiger partial charge in [-0.3, -0.25) is 9.59 Å². The molecule has 0 spiro atoms. The summed E-state index contributed by atoms with van der Waals surface area (Å²) in [5, 5.41) is 2.60. The number of nitrogens with one attached hydrogen (secondary N) is 1. The topological polar surface area (TPSA) is 55.4 Å². The number of amides is 1. The second-order valence-corrected chi connectivity index (χ2v) is 4.38. The first-order valence-corrected chi connectivity index (χ1v) is 6.38. The Hall–Kier alpha value is -2.69. The molecule has 0 fully saturated rings. The largest absolute Gasteiger partial charge is 0.455 e. The zero-order valence-electron chi connectivity index (χ0n) is 11.2. The smallest absolute Gasteiger partial charge is 0.310 e. The van der Waals surface area contributed by atoms with Gasteiger partial charge in [0.15, 0.2) is 6.61 Å². The van der Waals surface area contributed by atoms with Crippen LogP contribution in [0.15, 0.2) is 54.6 Å². The van der Waals surface area contributed by atoms with Gasteiger partial charge in [-0.2, -0.15) is 0 Å². The Labute approximate surface area is 121 Å². The molecule has 0 aliphatic heterocycles. The summed E-state index contributed by atoms with van der Waals surface area (Å²) in [4.78, 5) is 23.1. The highest BCUT2D eigenvalue weighted by molar-refractivity contribution is 5.92. The average molecular weight is 287 g/mol. The first-order chi connectivity index (χ1) is 10.1. The molecule has 0 heterocycles. The van der Waals surface area contributed by atoms with Crippen LogP contribution in [0.5, 0.6) is 0 Å². The Morgan fingerprint density at radius 3 is 2.33 bits per heavy atom. The first kappa shape index (κ1) is 14.7. The van der Waals surface area contributed by atoms with E-state index < -0.39 is 11.9 Å². The highest BCUT2D eigenvalue weighted by atomic mass is 19.1. The zero-order valence-corrected chi connectivity index (χ0v) is 11.2. The van der Waals surface area contributed by atoms with Gasteiger partial charge < -0.3 is 10.1 Å². The molecule has 21 heavy (non-hydrogen) atoms. The molecule has 0 radical (unpaired) electrons. The Kier molecular flexibility index (Phi) is 5.04. The fourth-order valence-corrected chi connectivity index (χ4v) is 1.68. The third kappa shape index (κ3) is 5.06. The van der Waals surface area contributed by atoms with Crippen molar-refractivity contribution >= 4 is 17.6 Å². The molecule has 5 heteroatoms. The van der Waals surface area contributed by atoms with Gasteiger partial charge in [0, 0.05) is 5.69 Å². The van der Waals surface area contributed by atoms with Crippen LogP contribution in [-0.4, -0.2) is 18.5 Å². The molecule has 1 N–H and O–H groups in total. The molecule has 108 valence electrons. The van der Waals surface area contributed by atoms with Gasteiger partial charge in [0.2, 0.25) is 0 Å². The van der Waals surface area contributed by atoms with Crippen molar-refractivity contribution in [3.63, 3.8) is 0 Å². The zero-order chi connectivity index (χ0) is 15.1. The fraction of sp³-hybridized carbons (Fsp3) is 0.125. The van der Waals surface area contributed by atoms with Crippen molar-refractivity contribution in [1.29, 1.82) is 0 Å². The van der Waals surface area contributed by atoms with Crippen molar-refractivity contribution < 1.29 is 18.7 Å². The number of esters is 1. The molecule has 0 saturated carbocycles. The van der Waals surface area contributed by atoms with Crippen LogP contribution in [0.25, 0.3) is 0 Å². The van der Waals surface area contributed by atoms with E-state index >= 15 is 0 Å². The van der Waals surface area contributed by atoms with Crippen LogP contribution in [-0.2, 0) is 20.7 Å². The standard InChI is InChI=1S/C16H14FNO3/c17-13-8-6-12(7-9-13)10-16(20)21-11-15(19)18-14-4-2-1-3-5-14/h1-9H,10-11H2,(H,18,19). The van der Waals surface area contributed by atoms with E-state index in [9.17, 15) is 14.0 Å². The quantitative estimate of drug-likeness (QED) is 0.860. The van der Waals surface area contributed by atoms with Crippen LogP contribution >= 0.6 is 0 Å². The minimum absolute atomic E-state index is 0.00109. The van der Waals surface area contributed by atoms with Crippen molar-refractivity contribution in [2.45, 2.75) is 6.42 Å². The summed E-state index contributed by atoms with van der Waals surface area (Å²) >= 11 is 0. The van der Waals surface area contributed by atoms with Crippen LogP contribution in [0.3, 0.4) is 0 Å². The maximum Gasteiger partial charge on any atom is 0.310 e. The molecule has 0 saturated heterocycles. The van der Waals surface area contributed by atoms with Crippen molar-refractivity contribution in [3.05, 3.63) is 66.0 Å². The second-order valence-electron chi connectivity index (χ2n) is 4.38. The third-order valence-electron chi connectivity index (χ3n) is 2.68. The number of anilines is 1. The lowest BCUT2D eigenvalue weighted by molar-refractivity contribution is -0.146. The van der Waals surface area contributed by atoms with Crippen molar-refractivity contribution in [2.75, 3.05) is 11.9 Å². The van der Waals surface area contributed by atoms with E-state index in [0.717, 1.165) is 0 Å². The van der Waals surface area contributed by atoms with Gasteiger partial charge in [-0.15, -0.1) is 0 Å².